The Bertz CT molecular complexity index is 1170. The van der Waals surface area contributed by atoms with Gasteiger partial charge < -0.3 is 10.4 Å². The van der Waals surface area contributed by atoms with E-state index in [-0.39, 0.29) is 6.04 Å². The molecule has 0 aliphatic heterocycles. The molecule has 31 heavy (non-hydrogen) atoms. The highest BCUT2D eigenvalue weighted by Crippen LogP contribution is 2.49. The van der Waals surface area contributed by atoms with E-state index in [2.05, 4.69) is 17.4 Å². The van der Waals surface area contributed by atoms with Gasteiger partial charge in [0.05, 0.1) is 34.3 Å². The summed E-state index contributed by atoms with van der Waals surface area (Å²) >= 11 is 12.7. The maximum atomic E-state index is 10.8. The summed E-state index contributed by atoms with van der Waals surface area (Å²) < 4.78 is 0. The van der Waals surface area contributed by atoms with Crippen LogP contribution in [0.3, 0.4) is 0 Å². The minimum atomic E-state index is -0.471. The van der Waals surface area contributed by atoms with Crippen LogP contribution in [0.2, 0.25) is 10.0 Å². The summed E-state index contributed by atoms with van der Waals surface area (Å²) in [5, 5.41) is 15.6. The molecule has 3 aliphatic rings. The first kappa shape index (κ1) is 19.5. The van der Waals surface area contributed by atoms with Gasteiger partial charge in [0.2, 0.25) is 0 Å². The highest BCUT2D eigenvalue weighted by atomic mass is 35.5. The van der Waals surface area contributed by atoms with E-state index >= 15 is 0 Å². The second-order valence-corrected chi connectivity index (χ2v) is 9.80. The number of nitrogens with one attached hydrogen (secondary N) is 1. The van der Waals surface area contributed by atoms with Gasteiger partial charge in [0.15, 0.2) is 0 Å². The normalized spacial score (nSPS) is 22.4. The Balaban J connectivity index is 1.45. The zero-order chi connectivity index (χ0) is 21.1. The van der Waals surface area contributed by atoms with E-state index in [1.165, 1.54) is 5.56 Å². The molecule has 0 spiro atoms. The lowest BCUT2D eigenvalue weighted by atomic mass is 10.0. The van der Waals surface area contributed by atoms with E-state index in [0.29, 0.717) is 28.3 Å². The van der Waals surface area contributed by atoms with E-state index in [1.807, 2.05) is 24.3 Å². The Hall–Kier alpha value is -2.14. The molecule has 2 atom stereocenters. The SMILES string of the molecule is OC1Cc2ccccc2C1Nc1nc(C2CC2)c(-c2ccc(Cl)cc2Cl)nc1C1CC1. The van der Waals surface area contributed by atoms with Crippen molar-refractivity contribution >= 4 is 29.0 Å². The second-order valence-electron chi connectivity index (χ2n) is 8.96. The molecule has 2 aromatic carbocycles. The van der Waals surface area contributed by atoms with Crippen LogP contribution in [-0.2, 0) is 6.42 Å². The van der Waals surface area contributed by atoms with E-state index in [4.69, 9.17) is 33.2 Å². The van der Waals surface area contributed by atoms with Gasteiger partial charge in [-0.1, -0.05) is 47.5 Å². The van der Waals surface area contributed by atoms with Crippen LogP contribution in [0.1, 0.15) is 66.1 Å². The van der Waals surface area contributed by atoms with Gasteiger partial charge in [-0.15, -0.1) is 0 Å². The molecular formula is C25H23Cl2N3O. The molecule has 6 heteroatoms. The van der Waals surface area contributed by atoms with Gasteiger partial charge >= 0.3 is 0 Å². The van der Waals surface area contributed by atoms with Crippen LogP contribution in [0.4, 0.5) is 5.82 Å². The van der Waals surface area contributed by atoms with Crippen molar-refractivity contribution in [3.63, 3.8) is 0 Å². The molecule has 0 radical (unpaired) electrons. The lowest BCUT2D eigenvalue weighted by Crippen LogP contribution is -2.23. The monoisotopic (exact) mass is 451 g/mol. The van der Waals surface area contributed by atoms with Gasteiger partial charge in [0, 0.05) is 28.8 Å². The minimum absolute atomic E-state index is 0.167. The highest BCUT2D eigenvalue weighted by molar-refractivity contribution is 6.36. The number of benzene rings is 2. The predicted molar refractivity (Wildman–Crippen MR) is 124 cm³/mol. The summed E-state index contributed by atoms with van der Waals surface area (Å²) in [6.45, 7) is 0. The third kappa shape index (κ3) is 3.61. The fraction of sp³-hybridized carbons (Fsp3) is 0.360. The fourth-order valence-corrected chi connectivity index (χ4v) is 5.12. The molecular weight excluding hydrogens is 429 g/mol. The zero-order valence-corrected chi connectivity index (χ0v) is 18.5. The largest absolute Gasteiger partial charge is 0.390 e. The molecule has 2 unspecified atom stereocenters. The van der Waals surface area contributed by atoms with Crippen molar-refractivity contribution in [3.05, 3.63) is 75.0 Å². The van der Waals surface area contributed by atoms with Crippen molar-refractivity contribution in [2.24, 2.45) is 0 Å². The maximum absolute atomic E-state index is 10.8. The number of anilines is 1. The summed E-state index contributed by atoms with van der Waals surface area (Å²) in [4.78, 5) is 10.3. The standard InChI is InChI=1S/C25H23Cl2N3O/c26-16-9-10-18(19(27)12-16)24-21(13-5-6-13)29-25(22(28-24)14-7-8-14)30-23-17-4-2-1-3-15(17)11-20(23)31/h1-4,9-10,12-14,20,23,31H,5-8,11H2,(H,29,30). The number of rotatable bonds is 5. The Morgan fingerprint density at radius 3 is 2.39 bits per heavy atom. The molecule has 2 fully saturated rings. The number of hydrogen-bond donors (Lipinski definition) is 2. The molecule has 2 N–H and O–H groups in total. The first-order chi connectivity index (χ1) is 15.1. The Morgan fingerprint density at radius 1 is 0.903 bits per heavy atom. The Kier molecular flexibility index (Phi) is 4.71. The average molecular weight is 452 g/mol. The summed E-state index contributed by atoms with van der Waals surface area (Å²) in [6, 6.07) is 13.6. The van der Waals surface area contributed by atoms with Crippen LogP contribution in [-0.4, -0.2) is 21.2 Å². The van der Waals surface area contributed by atoms with E-state index in [1.54, 1.807) is 6.07 Å². The molecule has 3 aliphatic carbocycles. The topological polar surface area (TPSA) is 58.0 Å². The predicted octanol–water partition coefficient (Wildman–Crippen LogP) is 6.28. The fourth-order valence-electron chi connectivity index (χ4n) is 4.63. The summed E-state index contributed by atoms with van der Waals surface area (Å²) in [7, 11) is 0. The number of aliphatic hydroxyl groups excluding tert-OH is 1. The smallest absolute Gasteiger partial charge is 0.148 e. The van der Waals surface area contributed by atoms with Crippen LogP contribution >= 0.6 is 23.2 Å². The average Bonchev–Trinajstić information content (AvgIpc) is 3.66. The number of fused-ring (bicyclic) bond motifs is 1. The van der Waals surface area contributed by atoms with Crippen LogP contribution in [0.25, 0.3) is 11.3 Å². The van der Waals surface area contributed by atoms with Crippen LogP contribution < -0.4 is 5.32 Å². The molecule has 1 aromatic heterocycles. The number of halogens is 2. The molecule has 2 saturated carbocycles. The Labute approximate surface area is 191 Å². The van der Waals surface area contributed by atoms with Crippen molar-refractivity contribution in [1.82, 2.24) is 9.97 Å². The number of aromatic nitrogens is 2. The lowest BCUT2D eigenvalue weighted by Gasteiger charge is -2.22. The molecule has 3 aromatic rings. The third-order valence-corrected chi connectivity index (χ3v) is 7.11. The van der Waals surface area contributed by atoms with Crippen molar-refractivity contribution in [3.8, 4) is 11.3 Å². The van der Waals surface area contributed by atoms with E-state index in [0.717, 1.165) is 59.7 Å². The Morgan fingerprint density at radius 2 is 1.65 bits per heavy atom. The molecule has 6 rings (SSSR count). The number of hydrogen-bond acceptors (Lipinski definition) is 4. The van der Waals surface area contributed by atoms with Crippen molar-refractivity contribution in [1.29, 1.82) is 0 Å². The minimum Gasteiger partial charge on any atom is -0.390 e. The van der Waals surface area contributed by atoms with Crippen LogP contribution in [0.15, 0.2) is 42.5 Å². The number of nitrogens with zero attached hydrogens (tertiary/aromatic N) is 2. The molecule has 158 valence electrons. The molecule has 4 nitrogen and oxygen atoms in total. The van der Waals surface area contributed by atoms with Gasteiger partial charge in [0.25, 0.3) is 0 Å². The summed E-state index contributed by atoms with van der Waals surface area (Å²) in [6.07, 6.45) is 4.65. The summed E-state index contributed by atoms with van der Waals surface area (Å²) in [5.74, 6) is 1.63. The lowest BCUT2D eigenvalue weighted by molar-refractivity contribution is 0.165. The molecule has 0 saturated heterocycles. The zero-order valence-electron chi connectivity index (χ0n) is 17.0. The highest BCUT2D eigenvalue weighted by Gasteiger charge is 2.37. The first-order valence-electron chi connectivity index (χ1n) is 11.0. The van der Waals surface area contributed by atoms with E-state index < -0.39 is 6.10 Å². The molecule has 0 bridgehead atoms. The van der Waals surface area contributed by atoms with Gasteiger partial charge in [0.1, 0.15) is 5.82 Å². The van der Waals surface area contributed by atoms with Crippen molar-refractivity contribution in [2.75, 3.05) is 5.32 Å². The third-order valence-electron chi connectivity index (χ3n) is 6.56. The van der Waals surface area contributed by atoms with Gasteiger partial charge in [-0.2, -0.15) is 0 Å². The molecule has 1 heterocycles. The van der Waals surface area contributed by atoms with Crippen molar-refractivity contribution in [2.45, 2.75) is 56.1 Å². The van der Waals surface area contributed by atoms with Gasteiger partial charge in [-0.3, -0.25) is 0 Å². The summed E-state index contributed by atoms with van der Waals surface area (Å²) in [5.41, 5.74) is 6.10. The first-order valence-corrected chi connectivity index (χ1v) is 11.7. The molecule has 0 amide bonds. The van der Waals surface area contributed by atoms with Gasteiger partial charge in [-0.05, 0) is 55.0 Å². The van der Waals surface area contributed by atoms with E-state index in [9.17, 15) is 5.11 Å². The quantitative estimate of drug-likeness (QED) is 0.479. The van der Waals surface area contributed by atoms with Crippen LogP contribution in [0, 0.1) is 0 Å². The van der Waals surface area contributed by atoms with Crippen molar-refractivity contribution < 1.29 is 5.11 Å². The van der Waals surface area contributed by atoms with Crippen LogP contribution in [0.5, 0.6) is 0 Å². The van der Waals surface area contributed by atoms with Gasteiger partial charge in [-0.25, -0.2) is 9.97 Å². The number of aliphatic hydroxyl groups is 1. The second kappa shape index (κ2) is 7.47. The maximum Gasteiger partial charge on any atom is 0.148 e.